The smallest absolute Gasteiger partial charge is 0.0688 e. The molecule has 0 bridgehead atoms. The fourth-order valence-electron chi connectivity index (χ4n) is 2.27. The molecule has 1 fully saturated rings. The van der Waals surface area contributed by atoms with Crippen LogP contribution in [0.2, 0.25) is 0 Å². The molecule has 1 heteroatoms. The lowest BCUT2D eigenvalue weighted by Gasteiger charge is -2.35. The third kappa shape index (κ3) is 3.23. The summed E-state index contributed by atoms with van der Waals surface area (Å²) in [5, 5.41) is 0. The van der Waals surface area contributed by atoms with E-state index in [-0.39, 0.29) is 16.6 Å². The molecule has 0 radical (unpaired) electrons. The normalized spacial score (nSPS) is 28.3. The van der Waals surface area contributed by atoms with E-state index in [0.717, 1.165) is 0 Å². The standard InChI is InChI=1S/C11H22O.2C2H6/c1-8-9(2,3)11(6,7)12-10(8,4)5;2*1-2/h8H,1-7H3;2*1-2H3. The summed E-state index contributed by atoms with van der Waals surface area (Å²) in [7, 11) is 0. The Morgan fingerprint density at radius 2 is 1.06 bits per heavy atom. The molecule has 1 heterocycles. The fraction of sp³-hybridized carbons (Fsp3) is 1.00. The second-order valence-electron chi connectivity index (χ2n) is 5.66. The van der Waals surface area contributed by atoms with Crippen LogP contribution in [0.4, 0.5) is 0 Å². The van der Waals surface area contributed by atoms with E-state index in [0.29, 0.717) is 5.92 Å². The first-order valence-corrected chi connectivity index (χ1v) is 6.81. The molecule has 16 heavy (non-hydrogen) atoms. The lowest BCUT2D eigenvalue weighted by Crippen LogP contribution is -2.37. The van der Waals surface area contributed by atoms with Crippen molar-refractivity contribution in [2.75, 3.05) is 0 Å². The minimum atomic E-state index is -0.00405. The number of hydrogen-bond acceptors (Lipinski definition) is 1. The van der Waals surface area contributed by atoms with Gasteiger partial charge in [0.05, 0.1) is 11.2 Å². The van der Waals surface area contributed by atoms with Crippen LogP contribution < -0.4 is 0 Å². The third-order valence-corrected chi connectivity index (χ3v) is 4.20. The molecular weight excluding hydrogens is 196 g/mol. The van der Waals surface area contributed by atoms with Gasteiger partial charge in [-0.1, -0.05) is 48.5 Å². The molecule has 0 N–H and O–H groups in total. The molecule has 0 spiro atoms. The van der Waals surface area contributed by atoms with Gasteiger partial charge in [0.15, 0.2) is 0 Å². The summed E-state index contributed by atoms with van der Waals surface area (Å²) < 4.78 is 6.06. The van der Waals surface area contributed by atoms with Crippen molar-refractivity contribution in [2.24, 2.45) is 11.3 Å². The second-order valence-corrected chi connectivity index (χ2v) is 5.66. The molecule has 1 aliphatic heterocycles. The van der Waals surface area contributed by atoms with Gasteiger partial charge in [-0.3, -0.25) is 0 Å². The van der Waals surface area contributed by atoms with Gasteiger partial charge < -0.3 is 4.74 Å². The average molecular weight is 230 g/mol. The van der Waals surface area contributed by atoms with Crippen molar-refractivity contribution in [3.8, 4) is 0 Å². The Hall–Kier alpha value is -0.0400. The van der Waals surface area contributed by atoms with E-state index in [9.17, 15) is 0 Å². The van der Waals surface area contributed by atoms with Gasteiger partial charge in [0.2, 0.25) is 0 Å². The van der Waals surface area contributed by atoms with Crippen LogP contribution in [0, 0.1) is 11.3 Å². The molecule has 0 aromatic heterocycles. The van der Waals surface area contributed by atoms with Crippen LogP contribution >= 0.6 is 0 Å². The van der Waals surface area contributed by atoms with E-state index in [4.69, 9.17) is 4.74 Å². The highest BCUT2D eigenvalue weighted by molar-refractivity contribution is 5.04. The Labute approximate surface area is 104 Å². The van der Waals surface area contributed by atoms with Crippen LogP contribution in [-0.4, -0.2) is 11.2 Å². The molecule has 0 aliphatic carbocycles. The molecule has 100 valence electrons. The van der Waals surface area contributed by atoms with Crippen molar-refractivity contribution >= 4 is 0 Å². The molecule has 0 amide bonds. The highest BCUT2D eigenvalue weighted by Crippen LogP contribution is 2.54. The van der Waals surface area contributed by atoms with Gasteiger partial charge in [-0.2, -0.15) is 0 Å². The minimum absolute atomic E-state index is 0.00405. The molecular formula is C15H34O. The number of hydrogen-bond donors (Lipinski definition) is 0. The van der Waals surface area contributed by atoms with E-state index < -0.39 is 0 Å². The maximum atomic E-state index is 6.06. The number of rotatable bonds is 0. The summed E-state index contributed by atoms with van der Waals surface area (Å²) in [5.74, 6) is 0.597. The predicted octanol–water partition coefficient (Wildman–Crippen LogP) is 5.29. The lowest BCUT2D eigenvalue weighted by atomic mass is 9.67. The zero-order valence-corrected chi connectivity index (χ0v) is 13.5. The van der Waals surface area contributed by atoms with Crippen molar-refractivity contribution in [1.82, 2.24) is 0 Å². The summed E-state index contributed by atoms with van der Waals surface area (Å²) in [6.45, 7) is 23.6. The Morgan fingerprint density at radius 3 is 1.12 bits per heavy atom. The monoisotopic (exact) mass is 230 g/mol. The summed E-state index contributed by atoms with van der Waals surface area (Å²) in [6, 6.07) is 0. The Morgan fingerprint density at radius 1 is 0.750 bits per heavy atom. The van der Waals surface area contributed by atoms with Gasteiger partial charge in [-0.15, -0.1) is 0 Å². The highest BCUT2D eigenvalue weighted by atomic mass is 16.5. The van der Waals surface area contributed by atoms with Gasteiger partial charge in [-0.25, -0.2) is 0 Å². The Kier molecular flexibility index (Phi) is 6.93. The van der Waals surface area contributed by atoms with E-state index >= 15 is 0 Å². The van der Waals surface area contributed by atoms with Crippen molar-refractivity contribution in [3.05, 3.63) is 0 Å². The van der Waals surface area contributed by atoms with Crippen LogP contribution in [0.15, 0.2) is 0 Å². The first-order valence-electron chi connectivity index (χ1n) is 6.81. The van der Waals surface area contributed by atoms with Gasteiger partial charge in [0.1, 0.15) is 0 Å². The van der Waals surface area contributed by atoms with Crippen LogP contribution in [0.5, 0.6) is 0 Å². The average Bonchev–Trinajstić information content (AvgIpc) is 2.30. The van der Waals surface area contributed by atoms with Crippen molar-refractivity contribution in [3.63, 3.8) is 0 Å². The molecule has 0 aromatic carbocycles. The van der Waals surface area contributed by atoms with E-state index in [1.807, 2.05) is 27.7 Å². The van der Waals surface area contributed by atoms with Gasteiger partial charge in [0.25, 0.3) is 0 Å². The maximum absolute atomic E-state index is 6.06. The number of ether oxygens (including phenoxy) is 1. The molecule has 1 saturated heterocycles. The third-order valence-electron chi connectivity index (χ3n) is 4.20. The molecule has 0 saturated carbocycles. The summed E-state index contributed by atoms with van der Waals surface area (Å²) in [5.41, 5.74) is 0.277. The van der Waals surface area contributed by atoms with Gasteiger partial charge >= 0.3 is 0 Å². The molecule has 1 atom stereocenters. The summed E-state index contributed by atoms with van der Waals surface area (Å²) >= 11 is 0. The molecule has 1 unspecified atom stereocenters. The zero-order chi connectivity index (χ0) is 13.8. The summed E-state index contributed by atoms with van der Waals surface area (Å²) in [4.78, 5) is 0. The summed E-state index contributed by atoms with van der Waals surface area (Å²) in [6.07, 6.45) is 0. The van der Waals surface area contributed by atoms with Crippen LogP contribution in [-0.2, 0) is 4.74 Å². The highest BCUT2D eigenvalue weighted by Gasteiger charge is 2.56. The topological polar surface area (TPSA) is 9.23 Å². The molecule has 1 aliphatic rings. The van der Waals surface area contributed by atoms with E-state index in [1.54, 1.807) is 0 Å². The lowest BCUT2D eigenvalue weighted by molar-refractivity contribution is -0.0892. The first kappa shape index (κ1) is 18.3. The predicted molar refractivity (Wildman–Crippen MR) is 74.9 cm³/mol. The van der Waals surface area contributed by atoms with Gasteiger partial charge in [-0.05, 0) is 39.0 Å². The maximum Gasteiger partial charge on any atom is 0.0688 e. The van der Waals surface area contributed by atoms with Crippen molar-refractivity contribution in [1.29, 1.82) is 0 Å². The molecule has 1 nitrogen and oxygen atoms in total. The SMILES string of the molecule is CC.CC.CC1C(C)(C)OC(C)(C)C1(C)C. The van der Waals surface area contributed by atoms with Gasteiger partial charge in [0, 0.05) is 0 Å². The minimum Gasteiger partial charge on any atom is -0.369 e. The molecule has 1 rings (SSSR count). The zero-order valence-electron chi connectivity index (χ0n) is 13.5. The quantitative estimate of drug-likeness (QED) is 0.549. The van der Waals surface area contributed by atoms with E-state index in [1.165, 1.54) is 0 Å². The largest absolute Gasteiger partial charge is 0.369 e. The molecule has 0 aromatic rings. The van der Waals surface area contributed by atoms with Crippen LogP contribution in [0.25, 0.3) is 0 Å². The van der Waals surface area contributed by atoms with Crippen molar-refractivity contribution in [2.45, 2.75) is 87.4 Å². The van der Waals surface area contributed by atoms with Crippen LogP contribution in [0.3, 0.4) is 0 Å². The van der Waals surface area contributed by atoms with Crippen LogP contribution in [0.1, 0.15) is 76.2 Å². The fourth-order valence-corrected chi connectivity index (χ4v) is 2.27. The first-order chi connectivity index (χ1) is 7.11. The Bertz CT molecular complexity index is 190. The second kappa shape index (κ2) is 6.05. The Balaban J connectivity index is 0. The van der Waals surface area contributed by atoms with E-state index in [2.05, 4.69) is 48.5 Å². The van der Waals surface area contributed by atoms with Crippen molar-refractivity contribution < 1.29 is 4.74 Å².